The lowest BCUT2D eigenvalue weighted by Gasteiger charge is -2.26. The van der Waals surface area contributed by atoms with Crippen LogP contribution in [-0.4, -0.2) is 31.4 Å². The summed E-state index contributed by atoms with van der Waals surface area (Å²) < 4.78 is 48.6. The van der Waals surface area contributed by atoms with Gasteiger partial charge in [-0.2, -0.15) is 13.2 Å². The number of benzene rings is 1. The number of carbonyl (C=O) groups is 1. The zero-order chi connectivity index (χ0) is 14.8. The lowest BCUT2D eigenvalue weighted by molar-refractivity contribution is -0.167. The number of alkyl halides is 3. The number of cyclic esters (lactones) is 1. The molecule has 0 amide bonds. The number of rotatable bonds is 4. The van der Waals surface area contributed by atoms with Crippen LogP contribution >= 0.6 is 0 Å². The summed E-state index contributed by atoms with van der Waals surface area (Å²) >= 11 is 0. The van der Waals surface area contributed by atoms with Gasteiger partial charge < -0.3 is 14.8 Å². The smallest absolute Gasteiger partial charge is 0.412 e. The quantitative estimate of drug-likeness (QED) is 0.864. The lowest BCUT2D eigenvalue weighted by atomic mass is 10.1. The van der Waals surface area contributed by atoms with Crippen LogP contribution < -0.4 is 10.1 Å². The van der Waals surface area contributed by atoms with E-state index in [4.69, 9.17) is 4.74 Å². The Hall–Kier alpha value is -2.18. The monoisotopic (exact) mass is 287 g/mol. The molecule has 1 aliphatic rings. The summed E-state index contributed by atoms with van der Waals surface area (Å²) in [5.41, 5.74) is 0.254. The van der Waals surface area contributed by atoms with E-state index in [1.165, 1.54) is 31.4 Å². The third kappa shape index (κ3) is 3.23. The second-order valence-corrected chi connectivity index (χ2v) is 4.15. The van der Waals surface area contributed by atoms with E-state index in [2.05, 4.69) is 10.1 Å². The summed E-state index contributed by atoms with van der Waals surface area (Å²) in [6.07, 6.45) is -3.85. The van der Waals surface area contributed by atoms with E-state index >= 15 is 0 Å². The van der Waals surface area contributed by atoms with E-state index in [9.17, 15) is 18.0 Å². The zero-order valence-electron chi connectivity index (χ0n) is 10.5. The highest BCUT2D eigenvalue weighted by Crippen LogP contribution is 2.30. The topological polar surface area (TPSA) is 47.6 Å². The molecule has 108 valence electrons. The number of methoxy groups -OCH3 is 1. The van der Waals surface area contributed by atoms with E-state index in [0.717, 1.165) is 12.2 Å². The summed E-state index contributed by atoms with van der Waals surface area (Å²) in [7, 11) is 1.46. The molecule has 0 aromatic heterocycles. The molecule has 7 heteroatoms. The fourth-order valence-corrected chi connectivity index (χ4v) is 1.78. The predicted molar refractivity (Wildman–Crippen MR) is 65.5 cm³/mol. The second kappa shape index (κ2) is 5.44. The molecular formula is C13H12F3NO3. The summed E-state index contributed by atoms with van der Waals surface area (Å²) in [6.45, 7) is 0. The molecule has 0 saturated carbocycles. The summed E-state index contributed by atoms with van der Waals surface area (Å²) in [4.78, 5) is 10.9. The molecule has 1 heterocycles. The molecule has 2 atom stereocenters. The zero-order valence-corrected chi connectivity index (χ0v) is 10.5. The molecule has 1 aromatic rings. The molecule has 1 aromatic carbocycles. The number of anilines is 1. The van der Waals surface area contributed by atoms with Crippen molar-refractivity contribution in [1.29, 1.82) is 0 Å². The number of hydrogen-bond acceptors (Lipinski definition) is 4. The lowest BCUT2D eigenvalue weighted by Crippen LogP contribution is -2.45. The van der Waals surface area contributed by atoms with Crippen LogP contribution in [0.15, 0.2) is 36.4 Å². The molecule has 2 rings (SSSR count). The fourth-order valence-electron chi connectivity index (χ4n) is 1.78. The molecule has 0 radical (unpaired) electrons. The van der Waals surface area contributed by atoms with Crippen molar-refractivity contribution in [1.82, 2.24) is 0 Å². The van der Waals surface area contributed by atoms with Crippen molar-refractivity contribution in [3.8, 4) is 5.75 Å². The molecule has 20 heavy (non-hydrogen) atoms. The number of ether oxygens (including phenoxy) is 2. The molecule has 0 saturated heterocycles. The van der Waals surface area contributed by atoms with Gasteiger partial charge in [0.05, 0.1) is 7.11 Å². The Labute approximate surface area is 113 Å². The van der Waals surface area contributed by atoms with Crippen molar-refractivity contribution >= 4 is 11.7 Å². The van der Waals surface area contributed by atoms with Crippen LogP contribution in [0.1, 0.15) is 0 Å². The van der Waals surface area contributed by atoms with Gasteiger partial charge in [-0.05, 0) is 30.3 Å². The Bertz CT molecular complexity index is 511. The molecule has 0 aliphatic carbocycles. The minimum atomic E-state index is -4.56. The van der Waals surface area contributed by atoms with Gasteiger partial charge in [-0.15, -0.1) is 0 Å². The van der Waals surface area contributed by atoms with Crippen LogP contribution in [0.2, 0.25) is 0 Å². The van der Waals surface area contributed by atoms with Crippen LogP contribution in [0.3, 0.4) is 0 Å². The SMILES string of the molecule is COc1ccc(N[C@@H]([C@@H]2C=CC(=O)O2)C(F)(F)F)cc1. The Balaban J connectivity index is 2.15. The molecule has 0 unspecified atom stereocenters. The van der Waals surface area contributed by atoms with Crippen LogP contribution in [0.25, 0.3) is 0 Å². The highest BCUT2D eigenvalue weighted by Gasteiger charge is 2.47. The maximum atomic E-state index is 13.0. The van der Waals surface area contributed by atoms with Crippen LogP contribution in [0.5, 0.6) is 5.75 Å². The number of halogens is 3. The maximum absolute atomic E-state index is 13.0. The van der Waals surface area contributed by atoms with Gasteiger partial charge in [-0.25, -0.2) is 4.79 Å². The number of hydrogen-bond donors (Lipinski definition) is 1. The highest BCUT2D eigenvalue weighted by molar-refractivity contribution is 5.84. The number of nitrogens with one attached hydrogen (secondary N) is 1. The van der Waals surface area contributed by atoms with Gasteiger partial charge in [0.25, 0.3) is 0 Å². The summed E-state index contributed by atoms with van der Waals surface area (Å²) in [6, 6.07) is 3.98. The molecule has 1 aliphatic heterocycles. The molecule has 0 bridgehead atoms. The molecule has 0 fully saturated rings. The molecular weight excluding hydrogens is 275 g/mol. The Kier molecular flexibility index (Phi) is 3.87. The Morgan fingerprint density at radius 2 is 1.95 bits per heavy atom. The minimum Gasteiger partial charge on any atom is -0.497 e. The van der Waals surface area contributed by atoms with Gasteiger partial charge in [0, 0.05) is 11.8 Å². The van der Waals surface area contributed by atoms with Gasteiger partial charge in [-0.1, -0.05) is 0 Å². The van der Waals surface area contributed by atoms with Crippen LogP contribution in [0, 0.1) is 0 Å². The summed E-state index contributed by atoms with van der Waals surface area (Å²) in [5, 5.41) is 2.32. The normalized spacial score (nSPS) is 19.6. The molecule has 1 N–H and O–H groups in total. The molecule has 4 nitrogen and oxygen atoms in total. The first-order chi connectivity index (χ1) is 9.40. The van der Waals surface area contributed by atoms with Crippen LogP contribution in [0.4, 0.5) is 18.9 Å². The third-order valence-electron chi connectivity index (χ3n) is 2.77. The fraction of sp³-hybridized carbons (Fsp3) is 0.308. The van der Waals surface area contributed by atoms with Gasteiger partial charge in [0.15, 0.2) is 6.04 Å². The summed E-state index contributed by atoms with van der Waals surface area (Å²) in [5.74, 6) is -0.243. The van der Waals surface area contributed by atoms with Gasteiger partial charge >= 0.3 is 12.1 Å². The molecule has 0 spiro atoms. The predicted octanol–water partition coefficient (Wildman–Crippen LogP) is 2.52. The first-order valence-corrected chi connectivity index (χ1v) is 5.76. The first kappa shape index (κ1) is 14.2. The first-order valence-electron chi connectivity index (χ1n) is 5.76. The number of carbonyl (C=O) groups excluding carboxylic acids is 1. The van der Waals surface area contributed by atoms with E-state index in [1.807, 2.05) is 0 Å². The van der Waals surface area contributed by atoms with Gasteiger partial charge in [0.2, 0.25) is 0 Å². The Morgan fingerprint density at radius 1 is 1.30 bits per heavy atom. The maximum Gasteiger partial charge on any atom is 0.412 e. The standard InChI is InChI=1S/C13H12F3NO3/c1-19-9-4-2-8(3-5-9)17-12(13(14,15)16)10-6-7-11(18)20-10/h2-7,10,12,17H,1H3/t10-,12-/m0/s1. The van der Waals surface area contributed by atoms with Crippen molar-refractivity contribution in [2.24, 2.45) is 0 Å². The Morgan fingerprint density at radius 3 is 2.40 bits per heavy atom. The van der Waals surface area contributed by atoms with E-state index < -0.39 is 24.3 Å². The van der Waals surface area contributed by atoms with Crippen molar-refractivity contribution in [3.63, 3.8) is 0 Å². The average molecular weight is 287 g/mol. The average Bonchev–Trinajstić information content (AvgIpc) is 2.81. The van der Waals surface area contributed by atoms with Crippen LogP contribution in [-0.2, 0) is 9.53 Å². The van der Waals surface area contributed by atoms with E-state index in [1.54, 1.807) is 0 Å². The van der Waals surface area contributed by atoms with Crippen molar-refractivity contribution in [2.75, 3.05) is 12.4 Å². The minimum absolute atomic E-state index is 0.254. The number of esters is 1. The van der Waals surface area contributed by atoms with Crippen molar-refractivity contribution in [2.45, 2.75) is 18.3 Å². The largest absolute Gasteiger partial charge is 0.497 e. The van der Waals surface area contributed by atoms with Gasteiger partial charge in [0.1, 0.15) is 11.9 Å². The van der Waals surface area contributed by atoms with Crippen molar-refractivity contribution in [3.05, 3.63) is 36.4 Å². The third-order valence-corrected chi connectivity index (χ3v) is 2.77. The second-order valence-electron chi connectivity index (χ2n) is 4.15. The van der Waals surface area contributed by atoms with Crippen molar-refractivity contribution < 1.29 is 27.4 Å². The van der Waals surface area contributed by atoms with E-state index in [-0.39, 0.29) is 5.69 Å². The van der Waals surface area contributed by atoms with Gasteiger partial charge in [-0.3, -0.25) is 0 Å². The highest BCUT2D eigenvalue weighted by atomic mass is 19.4. The van der Waals surface area contributed by atoms with E-state index in [0.29, 0.717) is 5.75 Å².